The van der Waals surface area contributed by atoms with E-state index in [4.69, 9.17) is 0 Å². The van der Waals surface area contributed by atoms with Crippen LogP contribution in [0.1, 0.15) is 136 Å². The van der Waals surface area contributed by atoms with Gasteiger partial charge in [0.2, 0.25) is 47.3 Å². The molecule has 1 aromatic carbocycles. The number of thioether (sulfide) groups is 1. The lowest BCUT2D eigenvalue weighted by Gasteiger charge is -2.34. The molecule has 0 saturated carbocycles. The van der Waals surface area contributed by atoms with Gasteiger partial charge < -0.3 is 82.6 Å². The topological polar surface area (TPSA) is 401 Å². The largest absolute Gasteiger partial charge is 0.508 e. The van der Waals surface area contributed by atoms with Crippen LogP contribution in [0.3, 0.4) is 0 Å². The predicted octanol–water partition coefficient (Wildman–Crippen LogP) is -1.43. The summed E-state index contributed by atoms with van der Waals surface area (Å²) in [5.41, 5.74) is -0.0963. The first-order valence-electron chi connectivity index (χ1n) is 27.8. The highest BCUT2D eigenvalue weighted by atomic mass is 32.2. The molecule has 0 radical (unpaired) electrons. The summed E-state index contributed by atoms with van der Waals surface area (Å²) in [5.74, 6) is -7.90. The lowest BCUT2D eigenvalue weighted by Crippen LogP contribution is -2.64. The average Bonchev–Trinajstić information content (AvgIpc) is 4.01. The molecule has 4 rings (SSSR count). The Labute approximate surface area is 471 Å². The second kappa shape index (κ2) is 32.7. The van der Waals surface area contributed by atoms with Gasteiger partial charge in [0, 0.05) is 38.9 Å². The molecular weight excluding hydrogens is 1060 g/mol. The number of phenolic OH excluding ortho intramolecular Hbond substituents is 1. The van der Waals surface area contributed by atoms with E-state index >= 15 is 0 Å². The summed E-state index contributed by atoms with van der Waals surface area (Å²) in [6.45, 7) is 8.72. The molecule has 3 aliphatic heterocycles. The second-order valence-electron chi connectivity index (χ2n) is 21.5. The van der Waals surface area contributed by atoms with E-state index in [9.17, 15) is 84.5 Å². The maximum Gasteiger partial charge on any atom is 0.248 e. The van der Waals surface area contributed by atoms with Crippen LogP contribution in [-0.2, 0) is 38.4 Å². The lowest BCUT2D eigenvalue weighted by atomic mass is 9.91. The second-order valence-corrected chi connectivity index (χ2v) is 22.6. The molecule has 3 fully saturated rings. The van der Waals surface area contributed by atoms with Crippen molar-refractivity contribution in [1.82, 2.24) is 41.7 Å². The van der Waals surface area contributed by atoms with Crippen LogP contribution in [0.2, 0.25) is 0 Å². The highest BCUT2D eigenvalue weighted by molar-refractivity contribution is 8.00. The Balaban J connectivity index is 1.77. The van der Waals surface area contributed by atoms with Crippen LogP contribution in [0.4, 0.5) is 0 Å². The number of phenols is 1. The van der Waals surface area contributed by atoms with E-state index in [2.05, 4.69) is 52.7 Å². The molecule has 0 aromatic heterocycles. The van der Waals surface area contributed by atoms with Gasteiger partial charge in [0.1, 0.15) is 59.6 Å². The first-order valence-corrected chi connectivity index (χ1v) is 28.9. The lowest BCUT2D eigenvalue weighted by molar-refractivity contribution is -0.148. The molecule has 0 bridgehead atoms. The summed E-state index contributed by atoms with van der Waals surface area (Å²) < 4.78 is 0. The van der Waals surface area contributed by atoms with Gasteiger partial charge in [-0.3, -0.25) is 38.4 Å². The molecule has 26 heteroatoms. The Hall–Kier alpha value is -5.66. The van der Waals surface area contributed by atoms with Gasteiger partial charge in [0.05, 0.1) is 48.8 Å². The fraction of sp³-hybridized carbons (Fsp3) is 0.722. The molecule has 80 heavy (non-hydrogen) atoms. The highest BCUT2D eigenvalue weighted by Gasteiger charge is 2.49. The SMILES string of the molecule is CCNC(=O)CS[C@H]1NC(=O)[C@@H]2[C@@H](O)CCN2C(=O)[C@H]([C@H](O)CC#N)NC(=O)[C@H]([C@H](O)[C@@H](O)c2ccc(O)cc2)NC(=O)[C@@H]2C[C@@H](O)CN2C(=O)[C@H]([C@@H](C)O)NC(=O)[C@@H](NC(=O)CCCCCCCCC(C)CC(C)CC)C[C@H]1O. The number of rotatable bonds is 23. The summed E-state index contributed by atoms with van der Waals surface area (Å²) >= 11 is 0.683. The number of aliphatic hydroxyl groups excluding tert-OH is 7. The molecule has 8 amide bonds. The van der Waals surface area contributed by atoms with Gasteiger partial charge in [-0.1, -0.05) is 77.8 Å². The third kappa shape index (κ3) is 19.5. The number of hydrogen-bond donors (Lipinski definition) is 14. The number of benzene rings is 1. The quantitative estimate of drug-likeness (QED) is 0.0559. The minimum absolute atomic E-state index is 0.0638. The van der Waals surface area contributed by atoms with Crippen LogP contribution in [0, 0.1) is 23.2 Å². The number of nitrogens with zero attached hydrogens (tertiary/aromatic N) is 3. The monoisotopic (exact) mass is 1150 g/mol. The molecular formula is C54H85N9O16S. The zero-order valence-electron chi connectivity index (χ0n) is 46.4. The number of aliphatic hydroxyl groups is 7. The van der Waals surface area contributed by atoms with Crippen molar-refractivity contribution in [2.24, 2.45) is 11.8 Å². The van der Waals surface area contributed by atoms with E-state index < -0.39 is 170 Å². The number of nitrogens with one attached hydrogen (secondary N) is 6. The molecule has 2 unspecified atom stereocenters. The number of nitriles is 1. The minimum Gasteiger partial charge on any atom is -0.508 e. The third-order valence-corrected chi connectivity index (χ3v) is 16.2. The van der Waals surface area contributed by atoms with Crippen molar-refractivity contribution in [3.63, 3.8) is 0 Å². The van der Waals surface area contributed by atoms with Gasteiger partial charge in [0.25, 0.3) is 0 Å². The van der Waals surface area contributed by atoms with E-state index in [1.54, 1.807) is 13.0 Å². The molecule has 16 atom stereocenters. The fourth-order valence-corrected chi connectivity index (χ4v) is 11.2. The number of carbonyl (C=O) groups is 8. The van der Waals surface area contributed by atoms with Crippen LogP contribution in [0.15, 0.2) is 24.3 Å². The van der Waals surface area contributed by atoms with Gasteiger partial charge in [-0.25, -0.2) is 0 Å². The Morgan fingerprint density at radius 2 is 1.38 bits per heavy atom. The Morgan fingerprint density at radius 3 is 2.01 bits per heavy atom. The Kier molecular flexibility index (Phi) is 27.3. The molecule has 3 heterocycles. The maximum atomic E-state index is 14.6. The number of aromatic hydroxyl groups is 1. The molecule has 0 aliphatic carbocycles. The fourth-order valence-electron chi connectivity index (χ4n) is 10.2. The zero-order valence-corrected chi connectivity index (χ0v) is 47.2. The normalized spacial score (nSPS) is 27.8. The van der Waals surface area contributed by atoms with Gasteiger partial charge in [0.15, 0.2) is 0 Å². The summed E-state index contributed by atoms with van der Waals surface area (Å²) in [4.78, 5) is 115. The van der Waals surface area contributed by atoms with Crippen molar-refractivity contribution < 1.29 is 79.2 Å². The highest BCUT2D eigenvalue weighted by Crippen LogP contribution is 2.28. The van der Waals surface area contributed by atoms with E-state index in [0.29, 0.717) is 36.4 Å². The predicted molar refractivity (Wildman–Crippen MR) is 291 cm³/mol. The minimum atomic E-state index is -2.34. The Bertz CT molecular complexity index is 2280. The molecule has 14 N–H and O–H groups in total. The van der Waals surface area contributed by atoms with Gasteiger partial charge in [-0.05, 0) is 62.6 Å². The maximum absolute atomic E-state index is 14.6. The molecule has 3 aliphatic rings. The number of fused-ring (bicyclic) bond motifs is 2. The van der Waals surface area contributed by atoms with Crippen LogP contribution >= 0.6 is 11.8 Å². The number of unbranched alkanes of at least 4 members (excludes halogenated alkanes) is 5. The van der Waals surface area contributed by atoms with Crippen molar-refractivity contribution in [2.45, 2.75) is 209 Å². The standard InChI is InChI=1S/C54H85N9O16S/c1-6-29(3)24-30(4)14-12-10-8-9-11-13-15-40(70)57-35-26-39(69)52(80-28-41(71)56-7-2)61-51(77)45-38(68)21-23-62(45)54(79)43(37(67)20-22-55)59-50(76)44(47(73)46(72)32-16-18-33(65)19-17-32)60-49(75)36-25-34(66)27-63(36)53(78)42(31(5)64)58-48(35)74/h16-19,29-31,34-39,42-47,52,64-69,72-73H,6-15,20-21,23-28H2,1-5H3,(H,56,71)(H,57,70)(H,58,74)(H,59,76)(H,60,75)(H,61,77)/t29?,30?,31-,34-,35+,36+,37-,38+,39-,42+,43+,44+,45+,46+,47+,52-/m1/s1. The van der Waals surface area contributed by atoms with Gasteiger partial charge in [-0.2, -0.15) is 5.26 Å². The van der Waals surface area contributed by atoms with Gasteiger partial charge in [-0.15, -0.1) is 11.8 Å². The first kappa shape index (κ1) is 66.8. The van der Waals surface area contributed by atoms with Crippen LogP contribution in [0.5, 0.6) is 5.75 Å². The smallest absolute Gasteiger partial charge is 0.248 e. The zero-order chi connectivity index (χ0) is 59.4. The van der Waals surface area contributed by atoms with Crippen molar-refractivity contribution in [1.29, 1.82) is 5.26 Å². The number of carbonyl (C=O) groups excluding carboxylic acids is 8. The number of hydrogen-bond acceptors (Lipinski definition) is 18. The average molecular weight is 1150 g/mol. The van der Waals surface area contributed by atoms with Gasteiger partial charge >= 0.3 is 0 Å². The van der Waals surface area contributed by atoms with Crippen molar-refractivity contribution in [2.75, 3.05) is 25.4 Å². The summed E-state index contributed by atoms with van der Waals surface area (Å²) in [7, 11) is 0. The van der Waals surface area contributed by atoms with E-state index in [1.807, 2.05) is 0 Å². The van der Waals surface area contributed by atoms with E-state index in [1.165, 1.54) is 18.6 Å². The Morgan fingerprint density at radius 1 is 0.750 bits per heavy atom. The molecule has 3 saturated heterocycles. The van der Waals surface area contributed by atoms with Crippen molar-refractivity contribution in [3.8, 4) is 11.8 Å². The van der Waals surface area contributed by atoms with E-state index in [0.717, 1.165) is 67.4 Å². The molecule has 25 nitrogen and oxygen atoms in total. The van der Waals surface area contributed by atoms with Crippen molar-refractivity contribution in [3.05, 3.63) is 29.8 Å². The molecule has 1 aromatic rings. The summed E-state index contributed by atoms with van der Waals surface area (Å²) in [5, 5.41) is 112. The van der Waals surface area contributed by atoms with Crippen LogP contribution in [-0.4, -0.2) is 202 Å². The van der Waals surface area contributed by atoms with E-state index in [-0.39, 0.29) is 30.7 Å². The summed E-state index contributed by atoms with van der Waals surface area (Å²) in [6.07, 6.45) is -6.97. The third-order valence-electron chi connectivity index (χ3n) is 14.9. The summed E-state index contributed by atoms with van der Waals surface area (Å²) in [6, 6.07) is -5.34. The van der Waals surface area contributed by atoms with Crippen LogP contribution in [0.25, 0.3) is 0 Å². The van der Waals surface area contributed by atoms with Crippen LogP contribution < -0.4 is 31.9 Å². The molecule has 0 spiro atoms. The molecule has 448 valence electrons. The first-order chi connectivity index (χ1) is 37.9. The number of amides is 8. The van der Waals surface area contributed by atoms with Crippen molar-refractivity contribution >= 4 is 59.0 Å².